The highest BCUT2D eigenvalue weighted by atomic mass is 16.5. The lowest BCUT2D eigenvalue weighted by Gasteiger charge is -2.29. The van der Waals surface area contributed by atoms with E-state index in [0.717, 1.165) is 32.3 Å². The molecule has 6 nitrogen and oxygen atoms in total. The average molecular weight is 284 g/mol. The third-order valence-corrected chi connectivity index (χ3v) is 4.20. The van der Waals surface area contributed by atoms with Crippen LogP contribution in [-0.2, 0) is 9.53 Å². The Hall–Kier alpha value is -1.30. The summed E-state index contributed by atoms with van der Waals surface area (Å²) in [4.78, 5) is 24.7. The van der Waals surface area contributed by atoms with Crippen LogP contribution in [0.5, 0.6) is 0 Å². The van der Waals surface area contributed by atoms with E-state index in [9.17, 15) is 9.59 Å². The third kappa shape index (κ3) is 4.10. The maximum Gasteiger partial charge on any atom is 0.317 e. The van der Waals surface area contributed by atoms with Crippen molar-refractivity contribution in [1.29, 1.82) is 0 Å². The molecule has 1 aliphatic heterocycles. The Morgan fingerprint density at radius 3 is 2.75 bits per heavy atom. The van der Waals surface area contributed by atoms with Gasteiger partial charge in [0.25, 0.3) is 0 Å². The SMILES string of the molecule is CN(CC1CCCO1)C(=O)NC1CCCC(C(=O)O)C1. The topological polar surface area (TPSA) is 78.9 Å². The van der Waals surface area contributed by atoms with Gasteiger partial charge < -0.3 is 20.1 Å². The molecule has 114 valence electrons. The highest BCUT2D eigenvalue weighted by Crippen LogP contribution is 2.24. The second kappa shape index (κ2) is 6.92. The molecule has 0 bridgehead atoms. The zero-order valence-electron chi connectivity index (χ0n) is 12.0. The molecule has 0 aromatic carbocycles. The van der Waals surface area contributed by atoms with Crippen molar-refractivity contribution in [2.24, 2.45) is 5.92 Å². The van der Waals surface area contributed by atoms with E-state index in [1.807, 2.05) is 0 Å². The molecule has 6 heteroatoms. The summed E-state index contributed by atoms with van der Waals surface area (Å²) in [6, 6.07) is -0.152. The van der Waals surface area contributed by atoms with Crippen LogP contribution in [0.4, 0.5) is 4.79 Å². The van der Waals surface area contributed by atoms with Crippen molar-refractivity contribution in [2.45, 2.75) is 50.7 Å². The van der Waals surface area contributed by atoms with Crippen LogP contribution in [0.3, 0.4) is 0 Å². The van der Waals surface area contributed by atoms with Crippen LogP contribution in [0.1, 0.15) is 38.5 Å². The summed E-state index contributed by atoms with van der Waals surface area (Å²) < 4.78 is 5.51. The number of carboxylic acid groups (broad SMARTS) is 1. The number of carboxylic acids is 1. The number of ether oxygens (including phenoxy) is 1. The maximum absolute atomic E-state index is 12.1. The minimum absolute atomic E-state index is 0.0238. The molecule has 0 spiro atoms. The van der Waals surface area contributed by atoms with Crippen molar-refractivity contribution in [3.63, 3.8) is 0 Å². The second-order valence-electron chi connectivity index (χ2n) is 5.86. The van der Waals surface area contributed by atoms with Crippen molar-refractivity contribution in [2.75, 3.05) is 20.2 Å². The smallest absolute Gasteiger partial charge is 0.317 e. The molecule has 1 aliphatic carbocycles. The standard InChI is InChI=1S/C14H24N2O4/c1-16(9-12-6-3-7-20-12)14(19)15-11-5-2-4-10(8-11)13(17)18/h10-12H,2-9H2,1H3,(H,15,19)(H,17,18). The van der Waals surface area contributed by atoms with E-state index in [-0.39, 0.29) is 24.1 Å². The first-order valence-electron chi connectivity index (χ1n) is 7.42. The van der Waals surface area contributed by atoms with E-state index in [4.69, 9.17) is 9.84 Å². The Kier molecular flexibility index (Phi) is 5.23. The fourth-order valence-corrected chi connectivity index (χ4v) is 3.01. The number of urea groups is 1. The Morgan fingerprint density at radius 2 is 2.10 bits per heavy atom. The van der Waals surface area contributed by atoms with Gasteiger partial charge in [-0.25, -0.2) is 4.79 Å². The lowest BCUT2D eigenvalue weighted by molar-refractivity contribution is -0.143. The van der Waals surface area contributed by atoms with Gasteiger partial charge in [0.05, 0.1) is 12.0 Å². The van der Waals surface area contributed by atoms with Crippen LogP contribution in [0.25, 0.3) is 0 Å². The molecular weight excluding hydrogens is 260 g/mol. The third-order valence-electron chi connectivity index (χ3n) is 4.20. The average Bonchev–Trinajstić information content (AvgIpc) is 2.91. The molecule has 0 aromatic heterocycles. The number of amides is 2. The summed E-state index contributed by atoms with van der Waals surface area (Å²) >= 11 is 0. The number of carbonyl (C=O) groups excluding carboxylic acids is 1. The van der Waals surface area contributed by atoms with Gasteiger partial charge in [-0.3, -0.25) is 4.79 Å². The van der Waals surface area contributed by atoms with Gasteiger partial charge in [0.2, 0.25) is 0 Å². The van der Waals surface area contributed by atoms with Crippen molar-refractivity contribution >= 4 is 12.0 Å². The molecule has 1 saturated carbocycles. The number of hydrogen-bond acceptors (Lipinski definition) is 3. The maximum atomic E-state index is 12.1. The van der Waals surface area contributed by atoms with Crippen LogP contribution >= 0.6 is 0 Å². The quantitative estimate of drug-likeness (QED) is 0.819. The monoisotopic (exact) mass is 284 g/mol. The summed E-state index contributed by atoms with van der Waals surface area (Å²) in [6.45, 7) is 1.38. The van der Waals surface area contributed by atoms with E-state index in [1.165, 1.54) is 0 Å². The Labute approximate surface area is 119 Å². The molecule has 3 atom stereocenters. The van der Waals surface area contributed by atoms with E-state index >= 15 is 0 Å². The van der Waals surface area contributed by atoms with Crippen molar-refractivity contribution < 1.29 is 19.4 Å². The number of nitrogens with one attached hydrogen (secondary N) is 1. The molecule has 1 saturated heterocycles. The van der Waals surface area contributed by atoms with Crippen molar-refractivity contribution in [3.05, 3.63) is 0 Å². The predicted octanol–water partition coefficient (Wildman–Crippen LogP) is 1.45. The lowest BCUT2D eigenvalue weighted by atomic mass is 9.86. The van der Waals surface area contributed by atoms with Crippen molar-refractivity contribution in [1.82, 2.24) is 10.2 Å². The van der Waals surface area contributed by atoms with Gasteiger partial charge in [0, 0.05) is 26.2 Å². The first-order chi connectivity index (χ1) is 9.56. The van der Waals surface area contributed by atoms with Crippen LogP contribution in [0.2, 0.25) is 0 Å². The Morgan fingerprint density at radius 1 is 1.30 bits per heavy atom. The van der Waals surface area contributed by atoms with Gasteiger partial charge in [0.1, 0.15) is 0 Å². The molecule has 2 aliphatic rings. The van der Waals surface area contributed by atoms with Crippen LogP contribution < -0.4 is 5.32 Å². The predicted molar refractivity (Wildman–Crippen MR) is 73.5 cm³/mol. The van der Waals surface area contributed by atoms with E-state index in [0.29, 0.717) is 19.4 Å². The molecule has 2 amide bonds. The van der Waals surface area contributed by atoms with Gasteiger partial charge in [-0.2, -0.15) is 0 Å². The van der Waals surface area contributed by atoms with Crippen LogP contribution in [0, 0.1) is 5.92 Å². The van der Waals surface area contributed by atoms with E-state index < -0.39 is 5.97 Å². The Balaban J connectivity index is 1.76. The molecule has 0 radical (unpaired) electrons. The summed E-state index contributed by atoms with van der Waals surface area (Å²) in [5.41, 5.74) is 0. The molecule has 2 N–H and O–H groups in total. The van der Waals surface area contributed by atoms with Gasteiger partial charge in [-0.15, -0.1) is 0 Å². The molecule has 20 heavy (non-hydrogen) atoms. The fourth-order valence-electron chi connectivity index (χ4n) is 3.01. The van der Waals surface area contributed by atoms with Gasteiger partial charge in [-0.1, -0.05) is 6.42 Å². The fraction of sp³-hybridized carbons (Fsp3) is 0.857. The van der Waals surface area contributed by atoms with Gasteiger partial charge in [-0.05, 0) is 32.1 Å². The molecule has 0 aromatic rings. The van der Waals surface area contributed by atoms with Gasteiger partial charge >= 0.3 is 12.0 Å². The largest absolute Gasteiger partial charge is 0.481 e. The molecule has 3 unspecified atom stereocenters. The number of nitrogens with zero attached hydrogens (tertiary/aromatic N) is 1. The zero-order valence-corrected chi connectivity index (χ0v) is 12.0. The normalized spacial score (nSPS) is 29.9. The van der Waals surface area contributed by atoms with E-state index in [2.05, 4.69) is 5.32 Å². The molecule has 2 fully saturated rings. The zero-order chi connectivity index (χ0) is 14.5. The molecular formula is C14H24N2O4. The highest BCUT2D eigenvalue weighted by molar-refractivity contribution is 5.74. The van der Waals surface area contributed by atoms with E-state index in [1.54, 1.807) is 11.9 Å². The first-order valence-corrected chi connectivity index (χ1v) is 7.42. The lowest BCUT2D eigenvalue weighted by Crippen LogP contribution is -2.47. The van der Waals surface area contributed by atoms with Crippen LogP contribution in [0.15, 0.2) is 0 Å². The number of likely N-dealkylation sites (N-methyl/N-ethyl adjacent to an activating group) is 1. The number of hydrogen-bond donors (Lipinski definition) is 2. The number of carbonyl (C=O) groups is 2. The number of aliphatic carboxylic acids is 1. The van der Waals surface area contributed by atoms with Crippen LogP contribution in [-0.4, -0.2) is 54.4 Å². The van der Waals surface area contributed by atoms with Crippen molar-refractivity contribution in [3.8, 4) is 0 Å². The molecule has 2 rings (SSSR count). The minimum atomic E-state index is -0.753. The second-order valence-corrected chi connectivity index (χ2v) is 5.86. The highest BCUT2D eigenvalue weighted by Gasteiger charge is 2.29. The number of rotatable bonds is 4. The summed E-state index contributed by atoms with van der Waals surface area (Å²) in [6.07, 6.45) is 5.18. The summed E-state index contributed by atoms with van der Waals surface area (Å²) in [7, 11) is 1.76. The summed E-state index contributed by atoms with van der Waals surface area (Å²) in [5.74, 6) is -1.07. The van der Waals surface area contributed by atoms with Gasteiger partial charge in [0.15, 0.2) is 0 Å². The minimum Gasteiger partial charge on any atom is -0.481 e. The Bertz CT molecular complexity index is 355. The first kappa shape index (κ1) is 15.1. The molecule has 1 heterocycles. The summed E-state index contributed by atoms with van der Waals surface area (Å²) in [5, 5.41) is 12.0.